The Morgan fingerprint density at radius 2 is 1.44 bits per heavy atom. The predicted molar refractivity (Wildman–Crippen MR) is 36.6 cm³/mol. The highest BCUT2D eigenvalue weighted by Crippen LogP contribution is 2.64. The zero-order chi connectivity index (χ0) is 6.48. The largest absolute Gasteiger partial charge is 0.304 e. The molecule has 52 valence electrons. The third kappa shape index (κ3) is 1.03. The minimum absolute atomic E-state index is 0.914. The molecule has 2 rings (SSSR count). The summed E-state index contributed by atoms with van der Waals surface area (Å²) in [6, 6.07) is 0. The minimum Gasteiger partial charge on any atom is -0.271 e. The molecule has 0 radical (unpaired) electrons. The fourth-order valence-electron chi connectivity index (χ4n) is 0.762. The standard InChI is InChI=1S/C4H8ClN2OP/c5-9(8,6-1-2-6)7-3-4-7/h1-4H2. The second kappa shape index (κ2) is 1.73. The van der Waals surface area contributed by atoms with Crippen LogP contribution in [0.25, 0.3) is 0 Å². The molecule has 2 saturated heterocycles. The highest BCUT2D eigenvalue weighted by atomic mass is 35.7. The number of hydrogen-bond donors (Lipinski definition) is 0. The first-order chi connectivity index (χ1) is 4.21. The third-order valence-electron chi connectivity index (χ3n) is 1.54. The van der Waals surface area contributed by atoms with Crippen molar-refractivity contribution in [3.63, 3.8) is 0 Å². The van der Waals surface area contributed by atoms with Gasteiger partial charge in [0.2, 0.25) is 0 Å². The van der Waals surface area contributed by atoms with Gasteiger partial charge in [0, 0.05) is 26.2 Å². The summed E-state index contributed by atoms with van der Waals surface area (Å²) in [5.41, 5.74) is 0. The molecule has 0 unspecified atom stereocenters. The summed E-state index contributed by atoms with van der Waals surface area (Å²) in [6.45, 7) is 1.18. The minimum atomic E-state index is -2.48. The van der Waals surface area contributed by atoms with Crippen molar-refractivity contribution >= 4 is 18.0 Å². The Morgan fingerprint density at radius 1 is 1.11 bits per heavy atom. The maximum atomic E-state index is 11.4. The van der Waals surface area contributed by atoms with E-state index in [9.17, 15) is 4.57 Å². The quantitative estimate of drug-likeness (QED) is 0.451. The molecule has 0 aromatic rings. The molecule has 3 nitrogen and oxygen atoms in total. The molecule has 2 aliphatic rings. The van der Waals surface area contributed by atoms with Crippen molar-refractivity contribution < 1.29 is 4.57 Å². The molecular formula is C4H8ClN2OP. The van der Waals surface area contributed by atoms with E-state index in [2.05, 4.69) is 0 Å². The van der Waals surface area contributed by atoms with Gasteiger partial charge in [-0.1, -0.05) is 0 Å². The number of halogens is 1. The number of nitrogens with zero attached hydrogens (tertiary/aromatic N) is 2. The van der Waals surface area contributed by atoms with Gasteiger partial charge in [-0.25, -0.2) is 9.34 Å². The molecule has 0 aliphatic carbocycles. The molecule has 0 saturated carbocycles. The van der Waals surface area contributed by atoms with E-state index < -0.39 is 6.80 Å². The fourth-order valence-corrected chi connectivity index (χ4v) is 3.19. The van der Waals surface area contributed by atoms with E-state index in [4.69, 9.17) is 11.2 Å². The summed E-state index contributed by atoms with van der Waals surface area (Å²) in [4.78, 5) is 0. The van der Waals surface area contributed by atoms with Crippen molar-refractivity contribution in [2.45, 2.75) is 0 Å². The molecule has 2 fully saturated rings. The zero-order valence-corrected chi connectivity index (χ0v) is 6.61. The topological polar surface area (TPSA) is 23.1 Å². The zero-order valence-electron chi connectivity index (χ0n) is 4.96. The lowest BCUT2D eigenvalue weighted by Gasteiger charge is -2.09. The highest BCUT2D eigenvalue weighted by Gasteiger charge is 2.46. The number of rotatable bonds is 2. The summed E-state index contributed by atoms with van der Waals surface area (Å²) >= 11 is 5.74. The van der Waals surface area contributed by atoms with Crippen LogP contribution in [0.1, 0.15) is 0 Å². The molecule has 0 bridgehead atoms. The Kier molecular flexibility index (Phi) is 1.18. The second-order valence-electron chi connectivity index (χ2n) is 2.38. The second-order valence-corrected chi connectivity index (χ2v) is 5.78. The van der Waals surface area contributed by atoms with Crippen molar-refractivity contribution in [2.75, 3.05) is 26.2 Å². The van der Waals surface area contributed by atoms with Gasteiger partial charge < -0.3 is 0 Å². The number of hydrogen-bond acceptors (Lipinski definition) is 1. The normalized spacial score (nSPS) is 28.6. The molecule has 0 N–H and O–H groups in total. The molecule has 5 heteroatoms. The summed E-state index contributed by atoms with van der Waals surface area (Å²) in [5.74, 6) is 0. The van der Waals surface area contributed by atoms with Gasteiger partial charge in [0.15, 0.2) is 0 Å². The van der Waals surface area contributed by atoms with Gasteiger partial charge in [0.1, 0.15) is 0 Å². The lowest BCUT2D eigenvalue weighted by molar-refractivity contribution is 0.534. The van der Waals surface area contributed by atoms with Gasteiger partial charge in [0.05, 0.1) is 0 Å². The fraction of sp³-hybridized carbons (Fsp3) is 1.00. The summed E-state index contributed by atoms with van der Waals surface area (Å²) in [5, 5.41) is 0. The van der Waals surface area contributed by atoms with Crippen LogP contribution in [0, 0.1) is 0 Å². The molecule has 0 atom stereocenters. The van der Waals surface area contributed by atoms with Gasteiger partial charge in [-0.3, -0.25) is 4.57 Å². The van der Waals surface area contributed by atoms with Gasteiger partial charge >= 0.3 is 6.80 Å². The summed E-state index contributed by atoms with van der Waals surface area (Å²) in [6.07, 6.45) is 0. The highest BCUT2D eigenvalue weighted by molar-refractivity contribution is 7.85. The Balaban J connectivity index is 2.10. The molecule has 2 heterocycles. The third-order valence-corrected chi connectivity index (χ3v) is 5.02. The SMILES string of the molecule is O=P(Cl)(N1CC1)N1CC1. The van der Waals surface area contributed by atoms with Crippen molar-refractivity contribution in [1.82, 2.24) is 9.34 Å². The molecule has 0 amide bonds. The maximum absolute atomic E-state index is 11.4. The van der Waals surface area contributed by atoms with Crippen molar-refractivity contribution in [3.8, 4) is 0 Å². The Morgan fingerprint density at radius 3 is 1.67 bits per heavy atom. The van der Waals surface area contributed by atoms with Crippen LogP contribution in [0.4, 0.5) is 0 Å². The molecule has 0 spiro atoms. The van der Waals surface area contributed by atoms with Gasteiger partial charge in [-0.05, 0) is 11.2 Å². The molecule has 0 aromatic heterocycles. The summed E-state index contributed by atoms with van der Waals surface area (Å²) < 4.78 is 15.0. The molecular weight excluding hydrogens is 158 g/mol. The van der Waals surface area contributed by atoms with E-state index in [-0.39, 0.29) is 0 Å². The Hall–Kier alpha value is 0.440. The van der Waals surface area contributed by atoms with Crippen LogP contribution in [0.15, 0.2) is 0 Å². The first kappa shape index (κ1) is 6.17. The van der Waals surface area contributed by atoms with E-state index in [1.54, 1.807) is 0 Å². The van der Waals surface area contributed by atoms with E-state index in [0.717, 1.165) is 26.2 Å². The van der Waals surface area contributed by atoms with Gasteiger partial charge in [-0.15, -0.1) is 0 Å². The monoisotopic (exact) mass is 166 g/mol. The van der Waals surface area contributed by atoms with Crippen molar-refractivity contribution in [2.24, 2.45) is 0 Å². The molecule has 9 heavy (non-hydrogen) atoms. The van der Waals surface area contributed by atoms with Crippen LogP contribution in [-0.2, 0) is 4.57 Å². The van der Waals surface area contributed by atoms with E-state index in [1.165, 1.54) is 0 Å². The Bertz CT molecular complexity index is 161. The average molecular weight is 167 g/mol. The Labute approximate surface area is 58.8 Å². The van der Waals surface area contributed by atoms with Crippen LogP contribution < -0.4 is 0 Å². The smallest absolute Gasteiger partial charge is 0.271 e. The van der Waals surface area contributed by atoms with Gasteiger partial charge in [-0.2, -0.15) is 0 Å². The maximum Gasteiger partial charge on any atom is 0.304 e. The first-order valence-electron chi connectivity index (χ1n) is 3.02. The van der Waals surface area contributed by atoms with Crippen LogP contribution in [-0.4, -0.2) is 35.5 Å². The van der Waals surface area contributed by atoms with Crippen molar-refractivity contribution in [3.05, 3.63) is 0 Å². The van der Waals surface area contributed by atoms with Crippen molar-refractivity contribution in [1.29, 1.82) is 0 Å². The first-order valence-corrected chi connectivity index (χ1v) is 5.53. The predicted octanol–water partition coefficient (Wildman–Crippen LogP) is 0.964. The van der Waals surface area contributed by atoms with Crippen LogP contribution in [0.3, 0.4) is 0 Å². The van der Waals surface area contributed by atoms with E-state index in [0.29, 0.717) is 0 Å². The van der Waals surface area contributed by atoms with Gasteiger partial charge in [0.25, 0.3) is 0 Å². The lowest BCUT2D eigenvalue weighted by Crippen LogP contribution is -1.96. The van der Waals surface area contributed by atoms with Crippen LogP contribution >= 0.6 is 18.0 Å². The van der Waals surface area contributed by atoms with Crippen LogP contribution in [0.2, 0.25) is 0 Å². The van der Waals surface area contributed by atoms with E-state index >= 15 is 0 Å². The van der Waals surface area contributed by atoms with Crippen LogP contribution in [0.5, 0.6) is 0 Å². The molecule has 2 aliphatic heterocycles. The van der Waals surface area contributed by atoms with E-state index in [1.807, 2.05) is 9.34 Å². The summed E-state index contributed by atoms with van der Waals surface area (Å²) in [7, 11) is 0. The lowest BCUT2D eigenvalue weighted by atomic mass is 11.0. The molecule has 0 aromatic carbocycles. The average Bonchev–Trinajstić information content (AvgIpc) is 2.62.